The van der Waals surface area contributed by atoms with Crippen molar-refractivity contribution in [2.75, 3.05) is 5.75 Å². The highest BCUT2D eigenvalue weighted by Crippen LogP contribution is 2.46. The van der Waals surface area contributed by atoms with Crippen LogP contribution in [0.3, 0.4) is 0 Å². The zero-order valence-corrected chi connectivity index (χ0v) is 14.5. The average Bonchev–Trinajstić information content (AvgIpc) is 3.15. The van der Waals surface area contributed by atoms with E-state index in [1.807, 2.05) is 6.92 Å². The Morgan fingerprint density at radius 2 is 1.62 bits per heavy atom. The number of nitro groups is 1. The number of nitrogens with zero attached hydrogens (tertiary/aromatic N) is 1. The molecule has 1 aliphatic heterocycles. The first kappa shape index (κ1) is 16.5. The van der Waals surface area contributed by atoms with Crippen molar-refractivity contribution >= 4 is 29.0 Å². The number of fused-ring (bicyclic) bond motifs is 1. The molecule has 6 nitrogen and oxygen atoms in total. The number of rotatable bonds is 2. The second-order valence-corrected chi connectivity index (χ2v) is 7.24. The van der Waals surface area contributed by atoms with Crippen molar-refractivity contribution in [1.29, 1.82) is 0 Å². The molecule has 0 aromatic heterocycles. The van der Waals surface area contributed by atoms with Gasteiger partial charge in [-0.2, -0.15) is 0 Å². The summed E-state index contributed by atoms with van der Waals surface area (Å²) in [6.45, 7) is 1.84. The van der Waals surface area contributed by atoms with Gasteiger partial charge < -0.3 is 4.74 Å². The second kappa shape index (κ2) is 5.81. The number of allylic oxidation sites excluding steroid dienone is 1. The second-order valence-electron chi connectivity index (χ2n) is 6.29. The van der Waals surface area contributed by atoms with Crippen molar-refractivity contribution in [2.24, 2.45) is 0 Å². The Balaban J connectivity index is 1.68. The minimum Gasteiger partial charge on any atom is -0.475 e. The van der Waals surface area contributed by atoms with Crippen LogP contribution >= 0.6 is 11.8 Å². The molecule has 1 atom stereocenters. The zero-order chi connectivity index (χ0) is 18.5. The summed E-state index contributed by atoms with van der Waals surface area (Å²) in [7, 11) is 0. The van der Waals surface area contributed by atoms with Gasteiger partial charge in [-0.3, -0.25) is 19.7 Å². The van der Waals surface area contributed by atoms with Crippen LogP contribution in [0.25, 0.3) is 0 Å². The predicted octanol–water partition coefficient (Wildman–Crippen LogP) is 3.86. The maximum atomic E-state index is 12.6. The first-order valence-corrected chi connectivity index (χ1v) is 8.89. The molecular formula is C19H13NO5S. The van der Waals surface area contributed by atoms with Crippen LogP contribution in [0.4, 0.5) is 5.69 Å². The standard InChI is InChI=1S/C19H13NO5S/c1-19(11-6-8-12(9-7-11)20(23)24)10-26-18(25-19)15-16(21)13-4-2-3-5-14(13)17(15)22/h2-9H,10H2,1H3. The molecule has 0 saturated carbocycles. The molecule has 2 aromatic rings. The number of nitro benzene ring substituents is 1. The highest BCUT2D eigenvalue weighted by Gasteiger charge is 2.43. The van der Waals surface area contributed by atoms with Gasteiger partial charge >= 0.3 is 0 Å². The molecule has 1 heterocycles. The van der Waals surface area contributed by atoms with E-state index in [0.29, 0.717) is 22.0 Å². The summed E-state index contributed by atoms with van der Waals surface area (Å²) < 4.78 is 6.02. The molecule has 2 aliphatic rings. The van der Waals surface area contributed by atoms with Gasteiger partial charge in [0.1, 0.15) is 11.2 Å². The fraction of sp³-hybridized carbons (Fsp3) is 0.158. The Hall–Kier alpha value is -2.93. The summed E-state index contributed by atoms with van der Waals surface area (Å²) >= 11 is 1.31. The molecule has 1 fully saturated rings. The van der Waals surface area contributed by atoms with E-state index in [1.54, 1.807) is 36.4 Å². The predicted molar refractivity (Wildman–Crippen MR) is 96.1 cm³/mol. The molecule has 1 unspecified atom stereocenters. The van der Waals surface area contributed by atoms with E-state index in [2.05, 4.69) is 0 Å². The van der Waals surface area contributed by atoms with Crippen LogP contribution in [0, 0.1) is 10.1 Å². The summed E-state index contributed by atoms with van der Waals surface area (Å²) in [5.74, 6) is -0.136. The van der Waals surface area contributed by atoms with Gasteiger partial charge in [0.15, 0.2) is 5.09 Å². The zero-order valence-electron chi connectivity index (χ0n) is 13.7. The Morgan fingerprint density at radius 3 is 2.15 bits per heavy atom. The van der Waals surface area contributed by atoms with Gasteiger partial charge in [-0.1, -0.05) is 36.0 Å². The minimum atomic E-state index is -0.766. The highest BCUT2D eigenvalue weighted by atomic mass is 32.2. The topological polar surface area (TPSA) is 86.5 Å². The lowest BCUT2D eigenvalue weighted by Crippen LogP contribution is -2.23. The SMILES string of the molecule is CC1(c2ccc([N+](=O)[O-])cc2)CSC(=C2C(=O)c3ccccc3C2=O)O1. The number of ether oxygens (including phenoxy) is 1. The van der Waals surface area contributed by atoms with Gasteiger partial charge in [0.05, 0.1) is 4.92 Å². The third-order valence-electron chi connectivity index (χ3n) is 4.56. The molecule has 26 heavy (non-hydrogen) atoms. The van der Waals surface area contributed by atoms with E-state index >= 15 is 0 Å². The molecule has 7 heteroatoms. The molecule has 0 radical (unpaired) electrons. The van der Waals surface area contributed by atoms with Crippen LogP contribution in [0.2, 0.25) is 0 Å². The third-order valence-corrected chi connectivity index (χ3v) is 5.80. The van der Waals surface area contributed by atoms with Crippen molar-refractivity contribution in [3.05, 3.63) is 86.0 Å². The molecule has 0 bridgehead atoms. The molecule has 1 saturated heterocycles. The minimum absolute atomic E-state index is 0.00169. The third kappa shape index (κ3) is 2.43. The smallest absolute Gasteiger partial charge is 0.269 e. The Bertz CT molecular complexity index is 958. The molecular weight excluding hydrogens is 354 g/mol. The van der Waals surface area contributed by atoms with Gasteiger partial charge in [0.2, 0.25) is 11.6 Å². The summed E-state index contributed by atoms with van der Waals surface area (Å²) in [6, 6.07) is 12.8. The van der Waals surface area contributed by atoms with Gasteiger partial charge in [-0.05, 0) is 24.6 Å². The molecule has 2 aromatic carbocycles. The summed E-state index contributed by atoms with van der Waals surface area (Å²) in [6.07, 6.45) is 0. The number of hydrogen-bond donors (Lipinski definition) is 0. The lowest BCUT2D eigenvalue weighted by atomic mass is 9.97. The van der Waals surface area contributed by atoms with Crippen LogP contribution < -0.4 is 0 Å². The van der Waals surface area contributed by atoms with Crippen molar-refractivity contribution in [3.8, 4) is 0 Å². The number of non-ortho nitro benzene ring substituents is 1. The molecule has 1 aliphatic carbocycles. The summed E-state index contributed by atoms with van der Waals surface area (Å²) in [5, 5.41) is 11.1. The maximum Gasteiger partial charge on any atom is 0.269 e. The van der Waals surface area contributed by atoms with Crippen molar-refractivity contribution in [2.45, 2.75) is 12.5 Å². The number of carbonyl (C=O) groups is 2. The number of ketones is 2. The fourth-order valence-corrected chi connectivity index (χ4v) is 4.31. The van der Waals surface area contributed by atoms with Crippen LogP contribution in [-0.4, -0.2) is 22.2 Å². The van der Waals surface area contributed by atoms with Crippen molar-refractivity contribution in [1.82, 2.24) is 0 Å². The van der Waals surface area contributed by atoms with Crippen LogP contribution in [0.15, 0.2) is 59.2 Å². The summed E-state index contributed by atoms with van der Waals surface area (Å²) in [5.41, 5.74) is 0.847. The fourth-order valence-electron chi connectivity index (χ4n) is 3.10. The van der Waals surface area contributed by atoms with Gasteiger partial charge in [0, 0.05) is 29.0 Å². The lowest BCUT2D eigenvalue weighted by Gasteiger charge is -2.23. The molecule has 130 valence electrons. The van der Waals surface area contributed by atoms with Crippen LogP contribution in [0.1, 0.15) is 33.2 Å². The van der Waals surface area contributed by atoms with E-state index in [9.17, 15) is 19.7 Å². The maximum absolute atomic E-state index is 12.6. The van der Waals surface area contributed by atoms with Gasteiger partial charge in [0.25, 0.3) is 5.69 Å². The normalized spacial score (nSPS) is 21.7. The first-order chi connectivity index (χ1) is 12.4. The van der Waals surface area contributed by atoms with Gasteiger partial charge in [-0.25, -0.2) is 0 Å². The van der Waals surface area contributed by atoms with E-state index in [-0.39, 0.29) is 22.8 Å². The van der Waals surface area contributed by atoms with E-state index in [4.69, 9.17) is 4.74 Å². The van der Waals surface area contributed by atoms with E-state index in [1.165, 1.54) is 23.9 Å². The van der Waals surface area contributed by atoms with Crippen LogP contribution in [0.5, 0.6) is 0 Å². The lowest BCUT2D eigenvalue weighted by molar-refractivity contribution is -0.384. The number of hydrogen-bond acceptors (Lipinski definition) is 6. The Morgan fingerprint density at radius 1 is 1.04 bits per heavy atom. The molecule has 0 amide bonds. The first-order valence-electron chi connectivity index (χ1n) is 7.90. The number of carbonyl (C=O) groups excluding carboxylic acids is 2. The largest absolute Gasteiger partial charge is 0.475 e. The Labute approximate surface area is 153 Å². The number of benzene rings is 2. The molecule has 0 spiro atoms. The summed E-state index contributed by atoms with van der Waals surface area (Å²) in [4.78, 5) is 35.6. The molecule has 4 rings (SSSR count). The Kier molecular flexibility index (Phi) is 3.69. The quantitative estimate of drug-likeness (QED) is 0.347. The monoisotopic (exact) mass is 367 g/mol. The number of thioether (sulfide) groups is 1. The highest BCUT2D eigenvalue weighted by molar-refractivity contribution is 8.03. The average molecular weight is 367 g/mol. The van der Waals surface area contributed by atoms with Crippen molar-refractivity contribution < 1.29 is 19.2 Å². The van der Waals surface area contributed by atoms with E-state index < -0.39 is 10.5 Å². The van der Waals surface area contributed by atoms with E-state index in [0.717, 1.165) is 5.56 Å². The van der Waals surface area contributed by atoms with Gasteiger partial charge in [-0.15, -0.1) is 0 Å². The van der Waals surface area contributed by atoms with Crippen LogP contribution in [-0.2, 0) is 10.3 Å². The van der Waals surface area contributed by atoms with Crippen molar-refractivity contribution in [3.63, 3.8) is 0 Å². The number of Topliss-reactive ketones (excluding diaryl/α,β-unsaturated/α-hetero) is 2. The molecule has 0 N–H and O–H groups in total.